The van der Waals surface area contributed by atoms with Gasteiger partial charge >= 0.3 is 0 Å². The number of benzene rings is 2. The minimum atomic E-state index is -0.202. The molecule has 2 aliphatic rings. The number of thiophene rings is 1. The lowest BCUT2D eigenvalue weighted by molar-refractivity contribution is -0.135. The van der Waals surface area contributed by atoms with Crippen LogP contribution in [0.4, 0.5) is 0 Å². The Labute approximate surface area is 221 Å². The number of amides is 2. The zero-order valence-corrected chi connectivity index (χ0v) is 22.3. The molecule has 0 saturated heterocycles. The summed E-state index contributed by atoms with van der Waals surface area (Å²) in [5.41, 5.74) is 3.88. The average Bonchev–Trinajstić information content (AvgIpc) is 3.56. The zero-order chi connectivity index (χ0) is 25.9. The number of fused-ring (bicyclic) bond motifs is 2. The van der Waals surface area contributed by atoms with Crippen molar-refractivity contribution in [1.29, 1.82) is 0 Å². The van der Waals surface area contributed by atoms with Crippen LogP contribution in [0.3, 0.4) is 0 Å². The maximum Gasteiger partial charge on any atom is 0.254 e. The lowest BCUT2D eigenvalue weighted by atomic mass is 10.00. The van der Waals surface area contributed by atoms with Gasteiger partial charge in [-0.05, 0) is 73.5 Å². The van der Waals surface area contributed by atoms with Crippen molar-refractivity contribution in [2.24, 2.45) is 0 Å². The van der Waals surface area contributed by atoms with E-state index in [1.807, 2.05) is 30.9 Å². The molecule has 0 unspecified atom stereocenters. The van der Waals surface area contributed by atoms with Crippen LogP contribution in [0.15, 0.2) is 47.8 Å². The third kappa shape index (κ3) is 5.30. The van der Waals surface area contributed by atoms with Gasteiger partial charge in [0.2, 0.25) is 12.7 Å². The standard InChI is InChI=1S/C29H32N2O5S/c1-4-11-30(29(33)21-6-8-25-26(15-21)36-18-35-25)16-28(32)31-12-9-27-22(10-13-37-27)23(31)17-34-24-7-5-19(2)14-20(24)3/h5-8,10,13-15,23H,4,9,11-12,16-18H2,1-3H3/t23-/m1/s1. The normalized spacial score (nSPS) is 15.9. The van der Waals surface area contributed by atoms with E-state index in [0.717, 1.165) is 29.7 Å². The number of hydrogen-bond donors (Lipinski definition) is 0. The van der Waals surface area contributed by atoms with Crippen molar-refractivity contribution in [3.8, 4) is 17.2 Å². The van der Waals surface area contributed by atoms with Crippen LogP contribution in [0, 0.1) is 13.8 Å². The Hall–Kier alpha value is -3.52. The van der Waals surface area contributed by atoms with Crippen molar-refractivity contribution < 1.29 is 23.8 Å². The summed E-state index contributed by atoms with van der Waals surface area (Å²) in [6.07, 6.45) is 1.56. The van der Waals surface area contributed by atoms with Crippen molar-refractivity contribution in [1.82, 2.24) is 9.80 Å². The number of nitrogens with zero attached hydrogens (tertiary/aromatic N) is 2. The maximum absolute atomic E-state index is 13.7. The molecular weight excluding hydrogens is 488 g/mol. The molecule has 5 rings (SSSR count). The minimum absolute atomic E-state index is 0.0145. The molecule has 37 heavy (non-hydrogen) atoms. The molecule has 0 bridgehead atoms. The van der Waals surface area contributed by atoms with Crippen LogP contribution < -0.4 is 14.2 Å². The van der Waals surface area contributed by atoms with E-state index < -0.39 is 0 Å². The van der Waals surface area contributed by atoms with Gasteiger partial charge in [0.1, 0.15) is 18.9 Å². The third-order valence-corrected chi connectivity index (χ3v) is 7.87. The fourth-order valence-corrected chi connectivity index (χ4v) is 5.92. The molecule has 0 aliphatic carbocycles. The van der Waals surface area contributed by atoms with E-state index in [0.29, 0.717) is 36.8 Å². The summed E-state index contributed by atoms with van der Waals surface area (Å²) in [6, 6.07) is 13.2. The topological polar surface area (TPSA) is 68.3 Å². The highest BCUT2D eigenvalue weighted by molar-refractivity contribution is 7.10. The van der Waals surface area contributed by atoms with Gasteiger partial charge < -0.3 is 24.0 Å². The van der Waals surface area contributed by atoms with Crippen molar-refractivity contribution in [3.63, 3.8) is 0 Å². The SMILES string of the molecule is CCCN(CC(=O)N1CCc2sccc2[C@H]1COc1ccc(C)cc1C)C(=O)c1ccc2c(c1)OCO2. The Balaban J connectivity index is 1.34. The lowest BCUT2D eigenvalue weighted by Gasteiger charge is -2.37. The van der Waals surface area contributed by atoms with Gasteiger partial charge in [0, 0.05) is 23.5 Å². The molecule has 0 N–H and O–H groups in total. The number of ether oxygens (including phenoxy) is 3. The summed E-state index contributed by atoms with van der Waals surface area (Å²) in [5.74, 6) is 1.74. The first-order valence-electron chi connectivity index (χ1n) is 12.7. The molecule has 194 valence electrons. The number of rotatable bonds is 8. The Morgan fingerprint density at radius 3 is 2.76 bits per heavy atom. The van der Waals surface area contributed by atoms with Gasteiger partial charge in [-0.25, -0.2) is 0 Å². The van der Waals surface area contributed by atoms with E-state index >= 15 is 0 Å². The lowest BCUT2D eigenvalue weighted by Crippen LogP contribution is -2.48. The maximum atomic E-state index is 13.7. The molecule has 3 heterocycles. The number of carbonyl (C=O) groups excluding carboxylic acids is 2. The molecule has 8 heteroatoms. The first kappa shape index (κ1) is 25.1. The molecule has 2 amide bonds. The van der Waals surface area contributed by atoms with E-state index in [9.17, 15) is 9.59 Å². The molecule has 0 spiro atoms. The molecule has 7 nitrogen and oxygen atoms in total. The molecule has 0 fully saturated rings. The van der Waals surface area contributed by atoms with Crippen LogP contribution in [0.25, 0.3) is 0 Å². The second-order valence-corrected chi connectivity index (χ2v) is 10.5. The smallest absolute Gasteiger partial charge is 0.254 e. The van der Waals surface area contributed by atoms with Crippen molar-refractivity contribution in [3.05, 3.63) is 75.0 Å². The monoisotopic (exact) mass is 520 g/mol. The molecule has 3 aromatic rings. The van der Waals surface area contributed by atoms with Crippen molar-refractivity contribution in [2.45, 2.75) is 39.7 Å². The third-order valence-electron chi connectivity index (χ3n) is 6.87. The van der Waals surface area contributed by atoms with E-state index in [2.05, 4.69) is 24.4 Å². The number of aryl methyl sites for hydroxylation is 2. The van der Waals surface area contributed by atoms with Crippen molar-refractivity contribution in [2.75, 3.05) is 33.0 Å². The van der Waals surface area contributed by atoms with Gasteiger partial charge in [-0.2, -0.15) is 0 Å². The predicted molar refractivity (Wildman–Crippen MR) is 143 cm³/mol. The van der Waals surface area contributed by atoms with Crippen LogP contribution in [0.1, 0.15) is 51.3 Å². The molecule has 0 radical (unpaired) electrons. The van der Waals surface area contributed by atoms with Crippen LogP contribution in [-0.4, -0.2) is 54.6 Å². The summed E-state index contributed by atoms with van der Waals surface area (Å²) >= 11 is 1.72. The Kier molecular flexibility index (Phi) is 7.37. The van der Waals surface area contributed by atoms with E-state index in [1.54, 1.807) is 34.4 Å². The van der Waals surface area contributed by atoms with Crippen LogP contribution in [0.5, 0.6) is 17.2 Å². The molecule has 0 saturated carbocycles. The van der Waals surface area contributed by atoms with Gasteiger partial charge in [-0.3, -0.25) is 9.59 Å². The Morgan fingerprint density at radius 2 is 1.95 bits per heavy atom. The molecule has 1 atom stereocenters. The highest BCUT2D eigenvalue weighted by Gasteiger charge is 2.34. The van der Waals surface area contributed by atoms with Gasteiger partial charge in [0.25, 0.3) is 5.91 Å². The quantitative estimate of drug-likeness (QED) is 0.411. The van der Waals surface area contributed by atoms with E-state index in [1.165, 1.54) is 10.4 Å². The van der Waals surface area contributed by atoms with Gasteiger partial charge in [-0.15, -0.1) is 11.3 Å². The van der Waals surface area contributed by atoms with Crippen LogP contribution in [0.2, 0.25) is 0 Å². The molecule has 1 aromatic heterocycles. The summed E-state index contributed by atoms with van der Waals surface area (Å²) in [7, 11) is 0. The Morgan fingerprint density at radius 1 is 1.11 bits per heavy atom. The largest absolute Gasteiger partial charge is 0.491 e. The summed E-state index contributed by atoms with van der Waals surface area (Å²) in [4.78, 5) is 31.9. The molecular formula is C29H32N2O5S. The number of carbonyl (C=O) groups is 2. The molecule has 2 aromatic carbocycles. The Bertz CT molecular complexity index is 1300. The van der Waals surface area contributed by atoms with E-state index in [-0.39, 0.29) is 31.2 Å². The first-order valence-corrected chi connectivity index (χ1v) is 13.6. The minimum Gasteiger partial charge on any atom is -0.491 e. The van der Waals surface area contributed by atoms with Gasteiger partial charge in [0.05, 0.1) is 6.04 Å². The summed E-state index contributed by atoms with van der Waals surface area (Å²) < 4.78 is 17.1. The number of hydrogen-bond acceptors (Lipinski definition) is 6. The van der Waals surface area contributed by atoms with Gasteiger partial charge in [-0.1, -0.05) is 24.6 Å². The van der Waals surface area contributed by atoms with Crippen LogP contribution >= 0.6 is 11.3 Å². The molecule has 2 aliphatic heterocycles. The summed E-state index contributed by atoms with van der Waals surface area (Å²) in [6.45, 7) is 7.71. The van der Waals surface area contributed by atoms with Crippen molar-refractivity contribution >= 4 is 23.2 Å². The first-order chi connectivity index (χ1) is 17.9. The van der Waals surface area contributed by atoms with E-state index in [4.69, 9.17) is 14.2 Å². The predicted octanol–water partition coefficient (Wildman–Crippen LogP) is 5.15. The highest BCUT2D eigenvalue weighted by Crippen LogP contribution is 2.35. The highest BCUT2D eigenvalue weighted by atomic mass is 32.1. The second-order valence-electron chi connectivity index (χ2n) is 9.53. The fourth-order valence-electron chi connectivity index (χ4n) is 4.99. The summed E-state index contributed by atoms with van der Waals surface area (Å²) in [5, 5.41) is 2.08. The fraction of sp³-hybridized carbons (Fsp3) is 0.379. The van der Waals surface area contributed by atoms with Gasteiger partial charge in [0.15, 0.2) is 11.5 Å². The average molecular weight is 521 g/mol. The van der Waals surface area contributed by atoms with Crippen LogP contribution in [-0.2, 0) is 11.2 Å². The second kappa shape index (κ2) is 10.8. The zero-order valence-electron chi connectivity index (χ0n) is 21.5.